The summed E-state index contributed by atoms with van der Waals surface area (Å²) in [4.78, 5) is 11.9. The highest BCUT2D eigenvalue weighted by atomic mass is 19.4. The van der Waals surface area contributed by atoms with E-state index in [4.69, 9.17) is 4.74 Å². The Kier molecular flexibility index (Phi) is 9.78. The third kappa shape index (κ3) is 6.26. The van der Waals surface area contributed by atoms with Crippen molar-refractivity contribution < 1.29 is 81.6 Å². The first-order chi connectivity index (χ1) is 16.7. The number of halogens is 13. The second-order valence-electron chi connectivity index (χ2n) is 9.23. The molecule has 18 heteroatoms. The van der Waals surface area contributed by atoms with Crippen molar-refractivity contribution in [2.75, 3.05) is 7.11 Å². The minimum atomic E-state index is -6.54. The van der Waals surface area contributed by atoms with E-state index < -0.39 is 104 Å². The van der Waals surface area contributed by atoms with Crippen molar-refractivity contribution in [3.63, 3.8) is 0 Å². The molecule has 0 aromatic carbocycles. The van der Waals surface area contributed by atoms with Crippen molar-refractivity contribution in [1.82, 2.24) is 0 Å². The van der Waals surface area contributed by atoms with Crippen LogP contribution in [0.5, 0.6) is 0 Å². The molecule has 5 nitrogen and oxygen atoms in total. The van der Waals surface area contributed by atoms with E-state index in [0.29, 0.717) is 7.11 Å². The van der Waals surface area contributed by atoms with Crippen molar-refractivity contribution in [2.24, 2.45) is 17.3 Å². The highest BCUT2D eigenvalue weighted by molar-refractivity contribution is 5.77. The Hall–Kier alpha value is -1.56. The number of carbonyl (C=O) groups excluding carboxylic acids is 1. The van der Waals surface area contributed by atoms with E-state index in [2.05, 4.69) is 4.74 Å². The SMILES string of the molecule is CCC(CC(C)OC1CC(C(O)(F)C(F)(F)F)CC(C(O)(C(F)(F)F)C(F)(F)F)C1)(C(=O)OC)C(F)(F)F. The van der Waals surface area contributed by atoms with E-state index in [1.807, 2.05) is 0 Å². The number of rotatable bonds is 8. The molecule has 0 amide bonds. The molecule has 0 aromatic rings. The summed E-state index contributed by atoms with van der Waals surface area (Å²) in [5, 5.41) is 19.0. The second-order valence-corrected chi connectivity index (χ2v) is 9.23. The summed E-state index contributed by atoms with van der Waals surface area (Å²) in [6.45, 7) is 1.70. The Morgan fingerprint density at radius 3 is 1.58 bits per heavy atom. The normalized spacial score (nSPS) is 26.3. The Labute approximate surface area is 207 Å². The van der Waals surface area contributed by atoms with Gasteiger partial charge in [-0.15, -0.1) is 0 Å². The zero-order chi connectivity index (χ0) is 30.3. The lowest BCUT2D eigenvalue weighted by molar-refractivity contribution is -0.396. The Morgan fingerprint density at radius 2 is 1.24 bits per heavy atom. The first-order valence-electron chi connectivity index (χ1n) is 10.9. The van der Waals surface area contributed by atoms with Gasteiger partial charge in [-0.05, 0) is 39.0 Å². The number of methoxy groups -OCH3 is 1. The largest absolute Gasteiger partial charge is 0.468 e. The summed E-state index contributed by atoms with van der Waals surface area (Å²) >= 11 is 0. The molecule has 1 saturated carbocycles. The van der Waals surface area contributed by atoms with E-state index in [1.165, 1.54) is 0 Å². The molecule has 2 N–H and O–H groups in total. The van der Waals surface area contributed by atoms with Gasteiger partial charge < -0.3 is 19.7 Å². The zero-order valence-electron chi connectivity index (χ0n) is 19.9. The molecule has 0 radical (unpaired) electrons. The maximum Gasteiger partial charge on any atom is 0.448 e. The minimum absolute atomic E-state index is 0.606. The molecule has 1 aliphatic carbocycles. The number of hydrogen-bond acceptors (Lipinski definition) is 5. The third-order valence-corrected chi connectivity index (χ3v) is 6.84. The molecule has 226 valence electrons. The maximum absolute atomic E-state index is 14.3. The molecule has 0 saturated heterocycles. The summed E-state index contributed by atoms with van der Waals surface area (Å²) in [7, 11) is 0.606. The fourth-order valence-corrected chi connectivity index (χ4v) is 4.75. The minimum Gasteiger partial charge on any atom is -0.468 e. The Bertz CT molecular complexity index is 804. The molecule has 0 bridgehead atoms. The third-order valence-electron chi connectivity index (χ3n) is 6.84. The fraction of sp³-hybridized carbons (Fsp3) is 0.950. The van der Waals surface area contributed by atoms with Crippen molar-refractivity contribution in [1.29, 1.82) is 0 Å². The van der Waals surface area contributed by atoms with Crippen LogP contribution in [0.4, 0.5) is 57.1 Å². The molecule has 0 heterocycles. The second kappa shape index (κ2) is 10.8. The summed E-state index contributed by atoms with van der Waals surface area (Å²) in [5.41, 5.74) is -8.96. The smallest absolute Gasteiger partial charge is 0.448 e. The molecule has 1 rings (SSSR count). The number of ether oxygens (including phenoxy) is 2. The lowest BCUT2D eigenvalue weighted by Crippen LogP contribution is -2.64. The molecule has 38 heavy (non-hydrogen) atoms. The summed E-state index contributed by atoms with van der Waals surface area (Å²) in [5.74, 6) is -13.5. The van der Waals surface area contributed by atoms with Gasteiger partial charge in [0, 0.05) is 11.8 Å². The van der Waals surface area contributed by atoms with Gasteiger partial charge in [0.1, 0.15) is 0 Å². The Morgan fingerprint density at radius 1 is 0.789 bits per heavy atom. The van der Waals surface area contributed by atoms with Crippen molar-refractivity contribution in [3.8, 4) is 0 Å². The van der Waals surface area contributed by atoms with Gasteiger partial charge in [-0.25, -0.2) is 4.39 Å². The first kappa shape index (κ1) is 34.5. The monoisotopic (exact) mass is 592 g/mol. The highest BCUT2D eigenvalue weighted by Crippen LogP contribution is 2.56. The summed E-state index contributed by atoms with van der Waals surface area (Å²) in [6.07, 6.45) is -35.9. The molecule has 6 unspecified atom stereocenters. The van der Waals surface area contributed by atoms with Crippen LogP contribution in [0, 0.1) is 17.3 Å². The quantitative estimate of drug-likeness (QED) is 0.277. The predicted molar refractivity (Wildman–Crippen MR) is 99.8 cm³/mol. The topological polar surface area (TPSA) is 76.0 Å². The van der Waals surface area contributed by atoms with Crippen LogP contribution in [0.15, 0.2) is 0 Å². The van der Waals surface area contributed by atoms with Crippen LogP contribution in [0.25, 0.3) is 0 Å². The number of esters is 1. The average molecular weight is 592 g/mol. The molecule has 0 spiro atoms. The van der Waals surface area contributed by atoms with Gasteiger partial charge in [0.05, 0.1) is 19.3 Å². The Balaban J connectivity index is 3.51. The van der Waals surface area contributed by atoms with Crippen LogP contribution in [0.3, 0.4) is 0 Å². The van der Waals surface area contributed by atoms with Crippen LogP contribution in [0.1, 0.15) is 46.0 Å². The summed E-state index contributed by atoms with van der Waals surface area (Å²) in [6, 6.07) is 0. The van der Waals surface area contributed by atoms with E-state index in [0.717, 1.165) is 13.8 Å². The number of carbonyl (C=O) groups is 1. The maximum atomic E-state index is 14.3. The molecular formula is C20H25F13O5. The number of hydrogen-bond donors (Lipinski definition) is 2. The average Bonchev–Trinajstić information content (AvgIpc) is 2.72. The molecule has 1 fully saturated rings. The van der Waals surface area contributed by atoms with Gasteiger partial charge in [0.15, 0.2) is 5.41 Å². The van der Waals surface area contributed by atoms with Crippen LogP contribution >= 0.6 is 0 Å². The van der Waals surface area contributed by atoms with E-state index in [9.17, 15) is 72.1 Å². The lowest BCUT2D eigenvalue weighted by atomic mass is 9.68. The van der Waals surface area contributed by atoms with Crippen LogP contribution < -0.4 is 0 Å². The van der Waals surface area contributed by atoms with Crippen LogP contribution in [-0.4, -0.2) is 71.7 Å². The van der Waals surface area contributed by atoms with Crippen molar-refractivity contribution >= 4 is 5.97 Å². The lowest BCUT2D eigenvalue weighted by Gasteiger charge is -2.47. The van der Waals surface area contributed by atoms with Gasteiger partial charge in [-0.3, -0.25) is 4.79 Å². The molecule has 6 atom stereocenters. The van der Waals surface area contributed by atoms with Crippen molar-refractivity contribution in [2.45, 2.75) is 94.3 Å². The molecule has 1 aliphatic rings. The van der Waals surface area contributed by atoms with Gasteiger partial charge >= 0.3 is 36.5 Å². The molecule has 0 aliphatic heterocycles. The molecule has 0 aromatic heterocycles. The zero-order valence-corrected chi connectivity index (χ0v) is 19.9. The van der Waals surface area contributed by atoms with Gasteiger partial charge in [-0.2, -0.15) is 52.7 Å². The van der Waals surface area contributed by atoms with Gasteiger partial charge in [-0.1, -0.05) is 6.92 Å². The van der Waals surface area contributed by atoms with E-state index in [-0.39, 0.29) is 0 Å². The standard InChI is InChI=1S/C20H25F13O5/c1-4-14(13(34)37-3,17(22,23)24)8-9(2)38-12-6-10(15(35,18(25,26)27)19(28,29)30)5-11(7-12)16(21,36)20(31,32)33/h9-12,35-36H,4-8H2,1-3H3. The first-order valence-corrected chi connectivity index (χ1v) is 10.9. The van der Waals surface area contributed by atoms with E-state index >= 15 is 0 Å². The van der Waals surface area contributed by atoms with Crippen LogP contribution in [-0.2, 0) is 14.3 Å². The molecular weight excluding hydrogens is 567 g/mol. The number of aliphatic hydroxyl groups is 2. The predicted octanol–water partition coefficient (Wildman–Crippen LogP) is 5.77. The summed E-state index contributed by atoms with van der Waals surface area (Å²) < 4.78 is 184. The van der Waals surface area contributed by atoms with Crippen molar-refractivity contribution in [3.05, 3.63) is 0 Å². The van der Waals surface area contributed by atoms with Gasteiger partial charge in [0.25, 0.3) is 5.60 Å². The fourth-order valence-electron chi connectivity index (χ4n) is 4.75. The van der Waals surface area contributed by atoms with E-state index in [1.54, 1.807) is 0 Å². The number of alkyl halides is 13. The van der Waals surface area contributed by atoms with Gasteiger partial charge in [0.2, 0.25) is 0 Å². The van der Waals surface area contributed by atoms with Crippen LogP contribution in [0.2, 0.25) is 0 Å². The highest BCUT2D eigenvalue weighted by Gasteiger charge is 2.75.